The van der Waals surface area contributed by atoms with E-state index in [4.69, 9.17) is 4.42 Å². The Kier molecular flexibility index (Phi) is 4.22. The Hall–Kier alpha value is -2.51. The normalized spacial score (nSPS) is 20.7. The van der Waals surface area contributed by atoms with E-state index in [0.29, 0.717) is 24.5 Å². The summed E-state index contributed by atoms with van der Waals surface area (Å²) >= 11 is 0. The van der Waals surface area contributed by atoms with Gasteiger partial charge in [0.1, 0.15) is 24.1 Å². The van der Waals surface area contributed by atoms with Crippen molar-refractivity contribution < 1.29 is 13.6 Å². The molecule has 2 atom stereocenters. The van der Waals surface area contributed by atoms with E-state index in [1.54, 1.807) is 31.1 Å². The van der Waals surface area contributed by atoms with E-state index in [0.717, 1.165) is 0 Å². The molecule has 1 saturated heterocycles. The molecule has 3 rings (SSSR count). The lowest BCUT2D eigenvalue weighted by molar-refractivity contribution is 0.0779. The lowest BCUT2D eigenvalue weighted by Gasteiger charge is -2.28. The number of hydrogen-bond donors (Lipinski definition) is 0. The first kappa shape index (κ1) is 15.4. The number of hydrogen-bond acceptors (Lipinski definition) is 6. The Morgan fingerprint density at radius 2 is 2.35 bits per heavy atom. The molecular weight excluding hydrogens is 301 g/mol. The summed E-state index contributed by atoms with van der Waals surface area (Å²) in [5.41, 5.74) is 0.288. The maximum absolute atomic E-state index is 13.9. The van der Waals surface area contributed by atoms with E-state index < -0.39 is 6.17 Å². The summed E-state index contributed by atoms with van der Waals surface area (Å²) in [5, 5.41) is 0. The first-order valence-electron chi connectivity index (χ1n) is 7.38. The molecule has 7 nitrogen and oxygen atoms in total. The van der Waals surface area contributed by atoms with Crippen LogP contribution in [0.5, 0.6) is 0 Å². The van der Waals surface area contributed by atoms with Gasteiger partial charge in [0.15, 0.2) is 12.1 Å². The van der Waals surface area contributed by atoms with Crippen LogP contribution in [0.3, 0.4) is 0 Å². The van der Waals surface area contributed by atoms with Crippen molar-refractivity contribution in [1.29, 1.82) is 0 Å². The van der Waals surface area contributed by atoms with Gasteiger partial charge in [0, 0.05) is 26.2 Å². The largest absolute Gasteiger partial charge is 0.448 e. The van der Waals surface area contributed by atoms with Gasteiger partial charge in [-0.2, -0.15) is 0 Å². The van der Waals surface area contributed by atoms with Crippen LogP contribution in [0, 0.1) is 6.92 Å². The molecule has 0 N–H and O–H groups in total. The zero-order valence-corrected chi connectivity index (χ0v) is 13.0. The third-order valence-electron chi connectivity index (χ3n) is 4.00. The minimum atomic E-state index is -0.938. The van der Waals surface area contributed by atoms with E-state index in [1.807, 2.05) is 4.90 Å². The van der Waals surface area contributed by atoms with E-state index in [2.05, 4.69) is 15.0 Å². The molecule has 1 aliphatic heterocycles. The number of aromatic nitrogens is 3. The van der Waals surface area contributed by atoms with Crippen molar-refractivity contribution in [3.05, 3.63) is 36.4 Å². The molecule has 0 bridgehead atoms. The van der Waals surface area contributed by atoms with Crippen molar-refractivity contribution >= 4 is 11.7 Å². The van der Waals surface area contributed by atoms with Crippen molar-refractivity contribution in [2.24, 2.45) is 0 Å². The summed E-state index contributed by atoms with van der Waals surface area (Å²) in [5.74, 6) is 0.911. The average Bonchev–Trinajstić information content (AvgIpc) is 3.13. The molecule has 0 radical (unpaired) electrons. The van der Waals surface area contributed by atoms with E-state index in [9.17, 15) is 9.18 Å². The third-order valence-corrected chi connectivity index (χ3v) is 4.00. The highest BCUT2D eigenvalue weighted by atomic mass is 19.1. The maximum atomic E-state index is 13.9. The highest BCUT2D eigenvalue weighted by Gasteiger charge is 2.34. The van der Waals surface area contributed by atoms with Crippen LogP contribution in [-0.4, -0.2) is 58.1 Å². The number of nitrogens with zero attached hydrogens (tertiary/aromatic N) is 5. The molecule has 0 saturated carbocycles. The highest BCUT2D eigenvalue weighted by Crippen LogP contribution is 2.26. The lowest BCUT2D eigenvalue weighted by atomic mass is 10.2. The molecular formula is C15H18FN5O2. The van der Waals surface area contributed by atoms with Crippen LogP contribution in [0.1, 0.15) is 22.7 Å². The zero-order chi connectivity index (χ0) is 16.4. The fraction of sp³-hybridized carbons (Fsp3) is 0.467. The summed E-state index contributed by atoms with van der Waals surface area (Å²) in [7, 11) is 1.68. The topological polar surface area (TPSA) is 75.4 Å². The third kappa shape index (κ3) is 3.15. The average molecular weight is 319 g/mol. The number of anilines is 1. The Labute approximate surface area is 133 Å². The summed E-state index contributed by atoms with van der Waals surface area (Å²) in [6, 6.07) is 1.61. The predicted octanol–water partition coefficient (Wildman–Crippen LogP) is 1.46. The van der Waals surface area contributed by atoms with Gasteiger partial charge in [0.05, 0.1) is 12.6 Å². The van der Waals surface area contributed by atoms with Gasteiger partial charge in [0.2, 0.25) is 0 Å². The van der Waals surface area contributed by atoms with Gasteiger partial charge >= 0.3 is 0 Å². The summed E-state index contributed by atoms with van der Waals surface area (Å²) < 4.78 is 18.9. The molecule has 0 spiro atoms. The molecule has 2 aromatic rings. The predicted molar refractivity (Wildman–Crippen MR) is 80.9 cm³/mol. The maximum Gasteiger partial charge on any atom is 0.275 e. The standard InChI is InChI=1S/C15H18FN5O2/c1-10-14(19-9-23-10)15(22)20(2)7-12-5-11(16)6-21(12)13-3-4-17-8-18-13/h3-4,8-9,11-12H,5-7H2,1-2H3/t11-,12-/m0/s1. The SMILES string of the molecule is Cc1ocnc1C(=O)N(C)C[C@@H]1C[C@H](F)CN1c1ccncn1. The van der Waals surface area contributed by atoms with E-state index in [-0.39, 0.29) is 24.2 Å². The summed E-state index contributed by atoms with van der Waals surface area (Å²) in [4.78, 5) is 27.8. The number of alkyl halides is 1. The van der Waals surface area contributed by atoms with Crippen molar-refractivity contribution in [2.75, 3.05) is 25.0 Å². The van der Waals surface area contributed by atoms with Crippen LogP contribution in [0.2, 0.25) is 0 Å². The van der Waals surface area contributed by atoms with Crippen molar-refractivity contribution in [3.8, 4) is 0 Å². The molecule has 1 fully saturated rings. The number of carbonyl (C=O) groups is 1. The Balaban J connectivity index is 1.73. The van der Waals surface area contributed by atoms with Crippen molar-refractivity contribution in [1.82, 2.24) is 19.9 Å². The zero-order valence-electron chi connectivity index (χ0n) is 13.0. The van der Waals surface area contributed by atoms with Gasteiger partial charge < -0.3 is 14.2 Å². The molecule has 1 amide bonds. The van der Waals surface area contributed by atoms with Gasteiger partial charge in [-0.15, -0.1) is 0 Å². The van der Waals surface area contributed by atoms with Gasteiger partial charge in [-0.05, 0) is 13.0 Å². The number of aryl methyl sites for hydroxylation is 1. The Bertz CT molecular complexity index is 678. The molecule has 0 aliphatic carbocycles. The van der Waals surface area contributed by atoms with Crippen molar-refractivity contribution in [2.45, 2.75) is 25.6 Å². The molecule has 8 heteroatoms. The number of oxazole rings is 1. The molecule has 23 heavy (non-hydrogen) atoms. The minimum Gasteiger partial charge on any atom is -0.448 e. The first-order chi connectivity index (χ1) is 11.1. The number of likely N-dealkylation sites (N-methyl/N-ethyl adjacent to an activating group) is 1. The molecule has 0 aromatic carbocycles. The molecule has 122 valence electrons. The van der Waals surface area contributed by atoms with Crippen LogP contribution in [-0.2, 0) is 0 Å². The lowest BCUT2D eigenvalue weighted by Crippen LogP contribution is -2.41. The van der Waals surface area contributed by atoms with Gasteiger partial charge in [-0.25, -0.2) is 19.3 Å². The van der Waals surface area contributed by atoms with Gasteiger partial charge in [-0.1, -0.05) is 0 Å². The monoisotopic (exact) mass is 319 g/mol. The fourth-order valence-electron chi connectivity index (χ4n) is 2.86. The second-order valence-corrected chi connectivity index (χ2v) is 5.65. The number of rotatable bonds is 4. The smallest absolute Gasteiger partial charge is 0.275 e. The van der Waals surface area contributed by atoms with E-state index >= 15 is 0 Å². The number of halogens is 1. The Morgan fingerprint density at radius 3 is 3.00 bits per heavy atom. The van der Waals surface area contributed by atoms with Crippen LogP contribution in [0.4, 0.5) is 10.2 Å². The van der Waals surface area contributed by atoms with Gasteiger partial charge in [0.25, 0.3) is 5.91 Å². The number of carbonyl (C=O) groups excluding carboxylic acids is 1. The van der Waals surface area contributed by atoms with Crippen LogP contribution >= 0.6 is 0 Å². The second-order valence-electron chi connectivity index (χ2n) is 5.65. The van der Waals surface area contributed by atoms with Crippen LogP contribution in [0.25, 0.3) is 0 Å². The quantitative estimate of drug-likeness (QED) is 0.849. The van der Waals surface area contributed by atoms with Crippen LogP contribution in [0.15, 0.2) is 29.4 Å². The molecule has 2 aromatic heterocycles. The van der Waals surface area contributed by atoms with Gasteiger partial charge in [-0.3, -0.25) is 4.79 Å². The van der Waals surface area contributed by atoms with E-state index in [1.165, 1.54) is 12.7 Å². The Morgan fingerprint density at radius 1 is 1.52 bits per heavy atom. The molecule has 3 heterocycles. The van der Waals surface area contributed by atoms with Crippen LogP contribution < -0.4 is 4.90 Å². The van der Waals surface area contributed by atoms with Crippen molar-refractivity contribution in [3.63, 3.8) is 0 Å². The molecule has 0 unspecified atom stereocenters. The second kappa shape index (κ2) is 6.31. The summed E-state index contributed by atoms with van der Waals surface area (Å²) in [6.45, 7) is 2.34. The first-order valence-corrected chi connectivity index (χ1v) is 7.38. The summed E-state index contributed by atoms with van der Waals surface area (Å²) in [6.07, 6.45) is 3.73. The minimum absolute atomic E-state index is 0.138. The molecule has 1 aliphatic rings. The number of amides is 1. The highest BCUT2D eigenvalue weighted by molar-refractivity contribution is 5.93. The fourth-order valence-corrected chi connectivity index (χ4v) is 2.86.